The van der Waals surface area contributed by atoms with E-state index in [1.165, 1.54) is 16.7 Å². The van der Waals surface area contributed by atoms with E-state index in [0.29, 0.717) is 5.88 Å². The van der Waals surface area contributed by atoms with E-state index in [-0.39, 0.29) is 0 Å². The van der Waals surface area contributed by atoms with Crippen LogP contribution in [0.1, 0.15) is 27.8 Å². The Kier molecular flexibility index (Phi) is 3.58. The van der Waals surface area contributed by atoms with Crippen molar-refractivity contribution < 1.29 is 0 Å². The number of nitriles is 1. The lowest BCUT2D eigenvalue weighted by molar-refractivity contribution is 0.962. The minimum Gasteiger partial charge on any atom is -0.193 e. The van der Waals surface area contributed by atoms with Crippen LogP contribution >= 0.6 is 11.6 Å². The number of allylic oxidation sites excluding steroid dienone is 1. The molecule has 98 valence electrons. The highest BCUT2D eigenvalue weighted by Crippen LogP contribution is 2.33. The van der Waals surface area contributed by atoms with Gasteiger partial charge in [0.1, 0.15) is 0 Å². The van der Waals surface area contributed by atoms with Crippen LogP contribution in [-0.4, -0.2) is 0 Å². The smallest absolute Gasteiger partial charge is 0.0918 e. The fourth-order valence-corrected chi connectivity index (χ4v) is 3.00. The Labute approximate surface area is 124 Å². The van der Waals surface area contributed by atoms with E-state index in [1.54, 1.807) is 6.08 Å². The lowest BCUT2D eigenvalue weighted by Crippen LogP contribution is -1.94. The molecule has 1 aliphatic carbocycles. The molecule has 0 saturated carbocycles. The number of alkyl halides is 1. The summed E-state index contributed by atoms with van der Waals surface area (Å²) in [4.78, 5) is 0. The minimum atomic E-state index is 0.525. The standard InChI is InChI=1S/C18H14ClN/c19-12-13-5-8-17-15(11-13)7-6-14-3-1-2-4-16(14)18(17)9-10-20/h1-5,8-9,11H,6-7,12H2. The van der Waals surface area contributed by atoms with Gasteiger partial charge >= 0.3 is 0 Å². The van der Waals surface area contributed by atoms with Crippen molar-refractivity contribution in [1.29, 1.82) is 5.26 Å². The Morgan fingerprint density at radius 1 is 1.05 bits per heavy atom. The number of aryl methyl sites for hydroxylation is 2. The lowest BCUT2D eigenvalue weighted by atomic mass is 9.93. The van der Waals surface area contributed by atoms with Gasteiger partial charge < -0.3 is 0 Å². The minimum absolute atomic E-state index is 0.525. The van der Waals surface area contributed by atoms with Crippen LogP contribution in [0.15, 0.2) is 48.5 Å². The summed E-state index contributed by atoms with van der Waals surface area (Å²) in [6, 6.07) is 16.8. The third-order valence-electron chi connectivity index (χ3n) is 3.79. The molecule has 0 saturated heterocycles. The quantitative estimate of drug-likeness (QED) is 0.558. The van der Waals surface area contributed by atoms with Gasteiger partial charge in [-0.3, -0.25) is 0 Å². The largest absolute Gasteiger partial charge is 0.193 e. The fourth-order valence-electron chi connectivity index (χ4n) is 2.84. The summed E-state index contributed by atoms with van der Waals surface area (Å²) in [7, 11) is 0. The Bertz CT molecular complexity index is 722. The van der Waals surface area contributed by atoms with Crippen LogP contribution in [0.2, 0.25) is 0 Å². The molecule has 0 radical (unpaired) electrons. The van der Waals surface area contributed by atoms with Gasteiger partial charge in [0.2, 0.25) is 0 Å². The Morgan fingerprint density at radius 2 is 1.80 bits per heavy atom. The van der Waals surface area contributed by atoms with Gasteiger partial charge in [-0.05, 0) is 46.2 Å². The number of rotatable bonds is 1. The number of halogens is 1. The first kappa shape index (κ1) is 13.0. The molecule has 0 atom stereocenters. The van der Waals surface area contributed by atoms with Crippen molar-refractivity contribution in [2.45, 2.75) is 18.7 Å². The second kappa shape index (κ2) is 5.53. The second-order valence-electron chi connectivity index (χ2n) is 4.97. The van der Waals surface area contributed by atoms with E-state index in [4.69, 9.17) is 16.9 Å². The van der Waals surface area contributed by atoms with Crippen molar-refractivity contribution in [2.75, 3.05) is 0 Å². The fraction of sp³-hybridized carbons (Fsp3) is 0.167. The van der Waals surface area contributed by atoms with Crippen LogP contribution in [-0.2, 0) is 18.7 Å². The molecule has 0 fully saturated rings. The molecule has 0 aliphatic heterocycles. The molecule has 0 unspecified atom stereocenters. The highest BCUT2D eigenvalue weighted by atomic mass is 35.5. The molecule has 20 heavy (non-hydrogen) atoms. The van der Waals surface area contributed by atoms with Gasteiger partial charge in [0.15, 0.2) is 0 Å². The number of hydrogen-bond acceptors (Lipinski definition) is 1. The number of benzene rings is 2. The average Bonchev–Trinajstić information content (AvgIpc) is 2.65. The normalized spacial score (nSPS) is 15.1. The molecule has 2 heteroatoms. The summed E-state index contributed by atoms with van der Waals surface area (Å²) < 4.78 is 0. The van der Waals surface area contributed by atoms with Crippen molar-refractivity contribution in [1.82, 2.24) is 0 Å². The molecule has 0 heterocycles. The third kappa shape index (κ3) is 2.24. The molecule has 2 aromatic carbocycles. The van der Waals surface area contributed by atoms with Crippen LogP contribution in [0.4, 0.5) is 0 Å². The van der Waals surface area contributed by atoms with Crippen LogP contribution in [0.5, 0.6) is 0 Å². The molecule has 1 nitrogen and oxygen atoms in total. The Morgan fingerprint density at radius 3 is 2.60 bits per heavy atom. The van der Waals surface area contributed by atoms with E-state index in [0.717, 1.165) is 29.5 Å². The molecule has 2 aromatic rings. The summed E-state index contributed by atoms with van der Waals surface area (Å²) in [6.07, 6.45) is 3.64. The van der Waals surface area contributed by atoms with E-state index >= 15 is 0 Å². The zero-order chi connectivity index (χ0) is 13.9. The Hall–Kier alpha value is -2.04. The van der Waals surface area contributed by atoms with E-state index in [9.17, 15) is 0 Å². The van der Waals surface area contributed by atoms with Crippen LogP contribution < -0.4 is 0 Å². The molecule has 0 aromatic heterocycles. The lowest BCUT2D eigenvalue weighted by Gasteiger charge is -2.11. The maximum absolute atomic E-state index is 9.11. The highest BCUT2D eigenvalue weighted by molar-refractivity contribution is 6.17. The SMILES string of the molecule is N#CC=C1c2ccccc2CCc2cc(CCl)ccc21. The molecule has 0 N–H and O–H groups in total. The van der Waals surface area contributed by atoms with E-state index in [2.05, 4.69) is 36.4 Å². The van der Waals surface area contributed by atoms with Gasteiger partial charge in [0, 0.05) is 12.0 Å². The molecule has 0 amide bonds. The van der Waals surface area contributed by atoms with Crippen LogP contribution in [0.3, 0.4) is 0 Å². The zero-order valence-electron chi connectivity index (χ0n) is 11.1. The summed E-state index contributed by atoms with van der Waals surface area (Å²) in [6.45, 7) is 0. The summed E-state index contributed by atoms with van der Waals surface area (Å²) in [5.41, 5.74) is 7.07. The van der Waals surface area contributed by atoms with Crippen molar-refractivity contribution in [3.8, 4) is 6.07 Å². The van der Waals surface area contributed by atoms with E-state index in [1.807, 2.05) is 12.1 Å². The van der Waals surface area contributed by atoms with Gasteiger partial charge in [-0.15, -0.1) is 11.6 Å². The van der Waals surface area contributed by atoms with Crippen molar-refractivity contribution in [3.05, 3.63) is 76.4 Å². The van der Waals surface area contributed by atoms with Gasteiger partial charge in [-0.2, -0.15) is 5.26 Å². The van der Waals surface area contributed by atoms with Gasteiger partial charge in [-0.1, -0.05) is 42.5 Å². The van der Waals surface area contributed by atoms with Crippen LogP contribution in [0.25, 0.3) is 5.57 Å². The summed E-state index contributed by atoms with van der Waals surface area (Å²) in [5, 5.41) is 9.11. The predicted molar refractivity (Wildman–Crippen MR) is 82.5 cm³/mol. The second-order valence-corrected chi connectivity index (χ2v) is 5.24. The van der Waals surface area contributed by atoms with Crippen molar-refractivity contribution in [3.63, 3.8) is 0 Å². The maximum Gasteiger partial charge on any atom is 0.0918 e. The molecule has 3 rings (SSSR count). The summed E-state index contributed by atoms with van der Waals surface area (Å²) >= 11 is 5.93. The number of nitrogens with zero attached hydrogens (tertiary/aromatic N) is 1. The first-order chi connectivity index (χ1) is 9.83. The average molecular weight is 280 g/mol. The molecular formula is C18H14ClN. The maximum atomic E-state index is 9.11. The molecule has 0 spiro atoms. The highest BCUT2D eigenvalue weighted by Gasteiger charge is 2.17. The monoisotopic (exact) mass is 279 g/mol. The summed E-state index contributed by atoms with van der Waals surface area (Å²) in [5.74, 6) is 0.525. The predicted octanol–water partition coefficient (Wildman–Crippen LogP) is 4.48. The topological polar surface area (TPSA) is 23.8 Å². The molecular weight excluding hydrogens is 266 g/mol. The van der Waals surface area contributed by atoms with Gasteiger partial charge in [-0.25, -0.2) is 0 Å². The number of hydrogen-bond donors (Lipinski definition) is 0. The third-order valence-corrected chi connectivity index (χ3v) is 4.10. The van der Waals surface area contributed by atoms with Crippen molar-refractivity contribution in [2.24, 2.45) is 0 Å². The Balaban J connectivity index is 2.23. The number of fused-ring (bicyclic) bond motifs is 2. The van der Waals surface area contributed by atoms with Gasteiger partial charge in [0.25, 0.3) is 0 Å². The first-order valence-corrected chi connectivity index (χ1v) is 7.23. The first-order valence-electron chi connectivity index (χ1n) is 6.69. The van der Waals surface area contributed by atoms with Gasteiger partial charge in [0.05, 0.1) is 6.07 Å². The van der Waals surface area contributed by atoms with Crippen LogP contribution in [0, 0.1) is 11.3 Å². The molecule has 1 aliphatic rings. The molecule has 0 bridgehead atoms. The van der Waals surface area contributed by atoms with Crippen molar-refractivity contribution >= 4 is 17.2 Å². The zero-order valence-corrected chi connectivity index (χ0v) is 11.8. The van der Waals surface area contributed by atoms with E-state index < -0.39 is 0 Å².